The van der Waals surface area contributed by atoms with Gasteiger partial charge < -0.3 is 11.1 Å². The molecule has 0 radical (unpaired) electrons. The quantitative estimate of drug-likeness (QED) is 0.847. The van der Waals surface area contributed by atoms with E-state index in [9.17, 15) is 4.79 Å². The Morgan fingerprint density at radius 1 is 1.42 bits per heavy atom. The molecular formula is C12H15N5OS. The second-order valence-electron chi connectivity index (χ2n) is 4.15. The van der Waals surface area contributed by atoms with Crippen molar-refractivity contribution in [1.82, 2.24) is 20.3 Å². The number of carbonyl (C=O) groups is 1. The molecule has 3 N–H and O–H groups in total. The maximum Gasteiger partial charge on any atom is 0.263 e. The Bertz CT molecular complexity index is 542. The summed E-state index contributed by atoms with van der Waals surface area (Å²) in [4.78, 5) is 24.8. The number of nitrogens with two attached hydrogens (primary N) is 1. The number of nitrogens with zero attached hydrogens (tertiary/aromatic N) is 3. The molecule has 0 saturated heterocycles. The monoisotopic (exact) mass is 277 g/mol. The first-order valence-electron chi connectivity index (χ1n) is 5.92. The number of hydrogen-bond acceptors (Lipinski definition) is 6. The maximum absolute atomic E-state index is 11.9. The van der Waals surface area contributed by atoms with Crippen molar-refractivity contribution < 1.29 is 4.79 Å². The average molecular weight is 277 g/mol. The number of thiazole rings is 1. The van der Waals surface area contributed by atoms with Crippen molar-refractivity contribution in [3.8, 4) is 10.8 Å². The molecule has 0 aliphatic carbocycles. The van der Waals surface area contributed by atoms with Crippen molar-refractivity contribution in [1.29, 1.82) is 0 Å². The van der Waals surface area contributed by atoms with E-state index in [2.05, 4.69) is 20.3 Å². The number of nitrogens with one attached hydrogen (secondary N) is 1. The van der Waals surface area contributed by atoms with E-state index in [0.29, 0.717) is 28.8 Å². The third-order valence-corrected chi connectivity index (χ3v) is 3.49. The molecule has 2 heterocycles. The van der Waals surface area contributed by atoms with E-state index in [0.717, 1.165) is 0 Å². The van der Waals surface area contributed by atoms with Crippen LogP contribution in [0.5, 0.6) is 0 Å². The minimum absolute atomic E-state index is 0.139. The van der Waals surface area contributed by atoms with E-state index in [1.165, 1.54) is 11.3 Å². The SMILES string of the molecule is CC(CN)CNC(=O)c1cnc(-c2ncccn2)s1. The van der Waals surface area contributed by atoms with Crippen LogP contribution in [-0.4, -0.2) is 33.9 Å². The molecule has 0 spiro atoms. The van der Waals surface area contributed by atoms with Gasteiger partial charge in [0, 0.05) is 18.9 Å². The fourth-order valence-corrected chi connectivity index (χ4v) is 2.11. The number of amides is 1. The largest absolute Gasteiger partial charge is 0.351 e. The Morgan fingerprint density at radius 2 is 2.16 bits per heavy atom. The molecule has 0 saturated carbocycles. The fraction of sp³-hybridized carbons (Fsp3) is 0.333. The zero-order valence-corrected chi connectivity index (χ0v) is 11.4. The van der Waals surface area contributed by atoms with Gasteiger partial charge in [-0.05, 0) is 18.5 Å². The first kappa shape index (κ1) is 13.6. The molecule has 0 aliphatic heterocycles. The highest BCUT2D eigenvalue weighted by Crippen LogP contribution is 2.21. The molecular weight excluding hydrogens is 262 g/mol. The highest BCUT2D eigenvalue weighted by Gasteiger charge is 2.13. The lowest BCUT2D eigenvalue weighted by Crippen LogP contribution is -2.30. The van der Waals surface area contributed by atoms with Gasteiger partial charge in [-0.15, -0.1) is 11.3 Å². The molecule has 7 heteroatoms. The Kier molecular flexibility index (Phi) is 4.53. The van der Waals surface area contributed by atoms with Crippen LogP contribution in [0.3, 0.4) is 0 Å². The van der Waals surface area contributed by atoms with Gasteiger partial charge in [0.1, 0.15) is 4.88 Å². The Hall–Kier alpha value is -1.86. The molecule has 100 valence electrons. The summed E-state index contributed by atoms with van der Waals surface area (Å²) in [6, 6.07) is 1.74. The topological polar surface area (TPSA) is 93.8 Å². The predicted molar refractivity (Wildman–Crippen MR) is 73.7 cm³/mol. The van der Waals surface area contributed by atoms with Crippen molar-refractivity contribution in [2.45, 2.75) is 6.92 Å². The van der Waals surface area contributed by atoms with E-state index in [-0.39, 0.29) is 11.8 Å². The smallest absolute Gasteiger partial charge is 0.263 e. The van der Waals surface area contributed by atoms with E-state index in [1.807, 2.05) is 6.92 Å². The first-order valence-corrected chi connectivity index (χ1v) is 6.74. The number of carbonyl (C=O) groups excluding carboxylic acids is 1. The van der Waals surface area contributed by atoms with Crippen LogP contribution in [0.2, 0.25) is 0 Å². The molecule has 1 atom stereocenters. The molecule has 0 fully saturated rings. The summed E-state index contributed by atoms with van der Waals surface area (Å²) < 4.78 is 0. The molecule has 6 nitrogen and oxygen atoms in total. The van der Waals surface area contributed by atoms with Gasteiger partial charge in [-0.25, -0.2) is 15.0 Å². The number of hydrogen-bond donors (Lipinski definition) is 2. The molecule has 0 aliphatic rings. The van der Waals surface area contributed by atoms with E-state index >= 15 is 0 Å². The van der Waals surface area contributed by atoms with Crippen LogP contribution >= 0.6 is 11.3 Å². The van der Waals surface area contributed by atoms with Crippen LogP contribution in [0, 0.1) is 5.92 Å². The van der Waals surface area contributed by atoms with Crippen LogP contribution in [0.15, 0.2) is 24.7 Å². The van der Waals surface area contributed by atoms with Crippen LogP contribution in [0.4, 0.5) is 0 Å². The second kappa shape index (κ2) is 6.35. The van der Waals surface area contributed by atoms with Gasteiger partial charge in [0.15, 0.2) is 10.8 Å². The third kappa shape index (κ3) is 3.55. The van der Waals surface area contributed by atoms with E-state index in [1.54, 1.807) is 24.7 Å². The van der Waals surface area contributed by atoms with Crippen LogP contribution in [0.25, 0.3) is 10.8 Å². The first-order chi connectivity index (χ1) is 9.20. The molecule has 1 unspecified atom stereocenters. The summed E-state index contributed by atoms with van der Waals surface area (Å²) in [5.41, 5.74) is 5.50. The molecule has 0 bridgehead atoms. The third-order valence-electron chi connectivity index (χ3n) is 2.50. The highest BCUT2D eigenvalue weighted by atomic mass is 32.1. The summed E-state index contributed by atoms with van der Waals surface area (Å²) in [5.74, 6) is 0.649. The Morgan fingerprint density at radius 3 is 2.84 bits per heavy atom. The molecule has 2 rings (SSSR count). The standard InChI is InChI=1S/C12H15N5OS/c1-8(5-13)6-16-11(18)9-7-17-12(19-9)10-14-3-2-4-15-10/h2-4,7-8H,5-6,13H2,1H3,(H,16,18). The number of aromatic nitrogens is 3. The Labute approximate surface area is 115 Å². The molecule has 19 heavy (non-hydrogen) atoms. The normalized spacial score (nSPS) is 12.1. The summed E-state index contributed by atoms with van der Waals surface area (Å²) in [5, 5.41) is 3.46. The lowest BCUT2D eigenvalue weighted by Gasteiger charge is -2.08. The van der Waals surface area contributed by atoms with Gasteiger partial charge in [0.05, 0.1) is 6.20 Å². The van der Waals surface area contributed by atoms with E-state index < -0.39 is 0 Å². The van der Waals surface area contributed by atoms with Crippen LogP contribution < -0.4 is 11.1 Å². The maximum atomic E-state index is 11.9. The highest BCUT2D eigenvalue weighted by molar-refractivity contribution is 7.16. The van der Waals surface area contributed by atoms with Crippen LogP contribution in [0.1, 0.15) is 16.6 Å². The Balaban J connectivity index is 2.03. The second-order valence-corrected chi connectivity index (χ2v) is 5.18. The van der Waals surface area contributed by atoms with Gasteiger partial charge in [-0.3, -0.25) is 4.79 Å². The fourth-order valence-electron chi connectivity index (χ4n) is 1.33. The van der Waals surface area contributed by atoms with Crippen molar-refractivity contribution in [2.24, 2.45) is 11.7 Å². The van der Waals surface area contributed by atoms with Gasteiger partial charge in [0.2, 0.25) is 0 Å². The lowest BCUT2D eigenvalue weighted by molar-refractivity contribution is 0.0952. The van der Waals surface area contributed by atoms with Crippen molar-refractivity contribution in [3.63, 3.8) is 0 Å². The summed E-state index contributed by atoms with van der Waals surface area (Å²) in [6.45, 7) is 3.09. The zero-order chi connectivity index (χ0) is 13.7. The van der Waals surface area contributed by atoms with Crippen molar-refractivity contribution >= 4 is 17.2 Å². The summed E-state index contributed by atoms with van der Waals surface area (Å²) >= 11 is 1.27. The zero-order valence-electron chi connectivity index (χ0n) is 10.5. The predicted octanol–water partition coefficient (Wildman–Crippen LogP) is 0.925. The lowest BCUT2D eigenvalue weighted by atomic mass is 10.2. The average Bonchev–Trinajstić information content (AvgIpc) is 2.95. The minimum Gasteiger partial charge on any atom is -0.351 e. The van der Waals surface area contributed by atoms with E-state index in [4.69, 9.17) is 5.73 Å². The van der Waals surface area contributed by atoms with Crippen molar-refractivity contribution in [2.75, 3.05) is 13.1 Å². The van der Waals surface area contributed by atoms with Gasteiger partial charge >= 0.3 is 0 Å². The van der Waals surface area contributed by atoms with Gasteiger partial charge in [-0.2, -0.15) is 0 Å². The summed E-state index contributed by atoms with van der Waals surface area (Å²) in [6.07, 6.45) is 4.83. The van der Waals surface area contributed by atoms with Gasteiger partial charge in [0.25, 0.3) is 5.91 Å². The van der Waals surface area contributed by atoms with Crippen molar-refractivity contribution in [3.05, 3.63) is 29.5 Å². The molecule has 1 amide bonds. The van der Waals surface area contributed by atoms with Crippen LogP contribution in [-0.2, 0) is 0 Å². The molecule has 0 aromatic carbocycles. The number of rotatable bonds is 5. The molecule has 2 aromatic rings. The molecule has 2 aromatic heterocycles. The van der Waals surface area contributed by atoms with Gasteiger partial charge in [-0.1, -0.05) is 6.92 Å². The summed E-state index contributed by atoms with van der Waals surface area (Å²) in [7, 11) is 0. The minimum atomic E-state index is -0.139.